The molecule has 2 amide bonds. The van der Waals surface area contributed by atoms with E-state index in [1.165, 1.54) is 0 Å². The third kappa shape index (κ3) is 3.57. The van der Waals surface area contributed by atoms with Gasteiger partial charge in [0.1, 0.15) is 0 Å². The molecule has 0 spiro atoms. The molecule has 0 radical (unpaired) electrons. The first-order chi connectivity index (χ1) is 10.8. The molecular weight excluding hydrogens is 315 g/mol. The minimum Gasteiger partial charge on any atom is -0.335 e. The van der Waals surface area contributed by atoms with Crippen molar-refractivity contribution < 1.29 is 18.0 Å². The van der Waals surface area contributed by atoms with Gasteiger partial charge in [-0.2, -0.15) is 13.2 Å². The maximum absolute atomic E-state index is 12.8. The van der Waals surface area contributed by atoms with E-state index in [0.717, 1.165) is 11.7 Å². The molecule has 0 unspecified atom stereocenters. The Kier molecular flexibility index (Phi) is 4.81. The number of aromatic nitrogens is 3. The van der Waals surface area contributed by atoms with Crippen LogP contribution in [0.25, 0.3) is 0 Å². The molecular formula is C13H18F3N5O2. The van der Waals surface area contributed by atoms with Crippen molar-refractivity contribution >= 4 is 6.03 Å². The summed E-state index contributed by atoms with van der Waals surface area (Å²) in [5, 5.41) is 6.07. The Balaban J connectivity index is 2.08. The van der Waals surface area contributed by atoms with Crippen LogP contribution in [0.2, 0.25) is 0 Å². The van der Waals surface area contributed by atoms with Crippen LogP contribution < -0.4 is 11.0 Å². The number of hydrogen-bond donors (Lipinski definition) is 1. The lowest BCUT2D eigenvalue weighted by molar-refractivity contribution is -0.147. The van der Waals surface area contributed by atoms with Crippen molar-refractivity contribution in [3.8, 4) is 0 Å². The van der Waals surface area contributed by atoms with E-state index in [0.29, 0.717) is 37.0 Å². The van der Waals surface area contributed by atoms with E-state index in [-0.39, 0.29) is 6.03 Å². The van der Waals surface area contributed by atoms with Gasteiger partial charge >= 0.3 is 17.9 Å². The van der Waals surface area contributed by atoms with Gasteiger partial charge in [0.15, 0.2) is 0 Å². The minimum absolute atomic E-state index is 0.257. The van der Waals surface area contributed by atoms with Crippen LogP contribution in [-0.4, -0.2) is 44.9 Å². The van der Waals surface area contributed by atoms with Gasteiger partial charge in [0.2, 0.25) is 5.82 Å². The first kappa shape index (κ1) is 17.1. The number of nitrogens with zero attached hydrogens (tertiary/aromatic N) is 4. The average molecular weight is 333 g/mol. The maximum atomic E-state index is 12.8. The molecule has 1 aromatic rings. The molecule has 128 valence electrons. The Morgan fingerprint density at radius 3 is 2.52 bits per heavy atom. The molecule has 1 aromatic heterocycles. The summed E-state index contributed by atoms with van der Waals surface area (Å²) >= 11 is 0. The number of piperidine rings is 1. The molecule has 0 aromatic carbocycles. The second-order valence-corrected chi connectivity index (χ2v) is 5.30. The first-order valence-corrected chi connectivity index (χ1v) is 7.12. The summed E-state index contributed by atoms with van der Waals surface area (Å²) in [6.07, 6.45) is -2.38. The molecule has 2 heterocycles. The average Bonchev–Trinajstić information content (AvgIpc) is 2.81. The third-order valence-corrected chi connectivity index (χ3v) is 3.75. The molecule has 10 heteroatoms. The molecule has 0 bridgehead atoms. The normalized spacial score (nSPS) is 16.4. The maximum Gasteiger partial charge on any atom is 0.451 e. The van der Waals surface area contributed by atoms with Gasteiger partial charge in [-0.3, -0.25) is 4.57 Å². The number of urea groups is 1. The van der Waals surface area contributed by atoms with E-state index in [2.05, 4.69) is 17.0 Å². The van der Waals surface area contributed by atoms with Gasteiger partial charge in [-0.25, -0.2) is 14.3 Å². The Morgan fingerprint density at radius 1 is 1.43 bits per heavy atom. The summed E-state index contributed by atoms with van der Waals surface area (Å²) in [6.45, 7) is 4.53. The van der Waals surface area contributed by atoms with Gasteiger partial charge in [-0.05, 0) is 12.8 Å². The van der Waals surface area contributed by atoms with E-state index >= 15 is 0 Å². The van der Waals surface area contributed by atoms with Crippen LogP contribution in [0.5, 0.6) is 0 Å². The zero-order chi connectivity index (χ0) is 17.2. The van der Waals surface area contributed by atoms with Crippen molar-refractivity contribution in [1.82, 2.24) is 24.6 Å². The lowest BCUT2D eigenvalue weighted by atomic mass is 10.1. The van der Waals surface area contributed by atoms with Crippen LogP contribution in [-0.2, 0) is 13.2 Å². The van der Waals surface area contributed by atoms with Gasteiger partial charge in [0.25, 0.3) is 0 Å². The smallest absolute Gasteiger partial charge is 0.335 e. The zero-order valence-corrected chi connectivity index (χ0v) is 12.6. The number of amides is 2. The Morgan fingerprint density at radius 2 is 2.04 bits per heavy atom. The van der Waals surface area contributed by atoms with Crippen molar-refractivity contribution in [1.29, 1.82) is 0 Å². The SMILES string of the molecule is C=CCNC(=O)N1CCC(n2nc(C(F)(F)F)n(C)c2=O)CC1. The molecule has 1 aliphatic heterocycles. The largest absolute Gasteiger partial charge is 0.451 e. The summed E-state index contributed by atoms with van der Waals surface area (Å²) in [5.41, 5.74) is -0.799. The highest BCUT2D eigenvalue weighted by Crippen LogP contribution is 2.28. The molecule has 1 fully saturated rings. The van der Waals surface area contributed by atoms with Gasteiger partial charge in [0, 0.05) is 26.7 Å². The standard InChI is InChI=1S/C13H18F3N5O2/c1-3-6-17-11(22)20-7-4-9(5-8-20)21-12(23)19(2)10(18-21)13(14,15)16/h3,9H,1,4-8H2,2H3,(H,17,22). The molecule has 1 saturated heterocycles. The minimum atomic E-state index is -4.68. The van der Waals surface area contributed by atoms with E-state index in [1.54, 1.807) is 11.0 Å². The number of carbonyl (C=O) groups is 1. The Hall–Kier alpha value is -2.26. The topological polar surface area (TPSA) is 72.2 Å². The fourth-order valence-corrected chi connectivity index (χ4v) is 2.53. The predicted molar refractivity (Wildman–Crippen MR) is 75.9 cm³/mol. The molecule has 1 N–H and O–H groups in total. The predicted octanol–water partition coefficient (Wildman–Crippen LogP) is 1.13. The highest BCUT2D eigenvalue weighted by Gasteiger charge is 2.39. The molecule has 0 aliphatic carbocycles. The Labute approximate surface area is 130 Å². The third-order valence-electron chi connectivity index (χ3n) is 3.75. The lowest BCUT2D eigenvalue weighted by Gasteiger charge is -2.31. The van der Waals surface area contributed by atoms with Crippen molar-refractivity contribution in [3.63, 3.8) is 0 Å². The van der Waals surface area contributed by atoms with Crippen molar-refractivity contribution in [3.05, 3.63) is 29.0 Å². The second-order valence-electron chi connectivity index (χ2n) is 5.30. The summed E-state index contributed by atoms with van der Waals surface area (Å²) in [4.78, 5) is 25.3. The lowest BCUT2D eigenvalue weighted by Crippen LogP contribution is -2.45. The summed E-state index contributed by atoms with van der Waals surface area (Å²) in [6, 6.07) is -0.707. The Bertz CT molecular complexity index is 641. The van der Waals surface area contributed by atoms with E-state index in [9.17, 15) is 22.8 Å². The van der Waals surface area contributed by atoms with E-state index in [1.807, 2.05) is 0 Å². The van der Waals surface area contributed by atoms with Gasteiger partial charge in [-0.1, -0.05) is 6.08 Å². The van der Waals surface area contributed by atoms with E-state index < -0.39 is 23.7 Å². The van der Waals surface area contributed by atoms with Crippen LogP contribution in [0, 0.1) is 0 Å². The molecule has 0 saturated carbocycles. The fraction of sp³-hybridized carbons (Fsp3) is 0.615. The summed E-state index contributed by atoms with van der Waals surface area (Å²) in [7, 11) is 1.05. The molecule has 23 heavy (non-hydrogen) atoms. The highest BCUT2D eigenvalue weighted by atomic mass is 19.4. The quantitative estimate of drug-likeness (QED) is 0.843. The molecule has 7 nitrogen and oxygen atoms in total. The fourth-order valence-electron chi connectivity index (χ4n) is 2.53. The second kappa shape index (κ2) is 6.47. The van der Waals surface area contributed by atoms with Crippen LogP contribution in [0.3, 0.4) is 0 Å². The molecule has 2 rings (SSSR count). The first-order valence-electron chi connectivity index (χ1n) is 7.12. The number of likely N-dealkylation sites (tertiary alicyclic amines) is 1. The molecule has 1 aliphatic rings. The van der Waals surface area contributed by atoms with Crippen LogP contribution >= 0.6 is 0 Å². The van der Waals surface area contributed by atoms with Crippen LogP contribution in [0.4, 0.5) is 18.0 Å². The highest BCUT2D eigenvalue weighted by molar-refractivity contribution is 5.74. The van der Waals surface area contributed by atoms with E-state index in [4.69, 9.17) is 0 Å². The number of carbonyl (C=O) groups excluding carboxylic acids is 1. The van der Waals surface area contributed by atoms with Crippen LogP contribution in [0.1, 0.15) is 24.7 Å². The van der Waals surface area contributed by atoms with Gasteiger partial charge in [0.05, 0.1) is 6.04 Å². The number of rotatable bonds is 3. The van der Waals surface area contributed by atoms with Gasteiger partial charge in [-0.15, -0.1) is 11.7 Å². The van der Waals surface area contributed by atoms with Crippen molar-refractivity contribution in [2.24, 2.45) is 7.05 Å². The van der Waals surface area contributed by atoms with Gasteiger partial charge < -0.3 is 10.2 Å². The number of hydrogen-bond acceptors (Lipinski definition) is 3. The number of nitrogens with one attached hydrogen (secondary N) is 1. The monoisotopic (exact) mass is 333 g/mol. The number of halogens is 3. The van der Waals surface area contributed by atoms with Crippen molar-refractivity contribution in [2.75, 3.05) is 19.6 Å². The summed E-state index contributed by atoms with van der Waals surface area (Å²) < 4.78 is 39.8. The zero-order valence-electron chi connectivity index (χ0n) is 12.6. The number of alkyl halides is 3. The van der Waals surface area contributed by atoms with Crippen LogP contribution in [0.15, 0.2) is 17.4 Å². The summed E-state index contributed by atoms with van der Waals surface area (Å²) in [5.74, 6) is -1.21. The van der Waals surface area contributed by atoms with Crippen molar-refractivity contribution in [2.45, 2.75) is 25.1 Å². The molecule has 0 atom stereocenters.